The Hall–Kier alpha value is -1.31. The van der Waals surface area contributed by atoms with Gasteiger partial charge in [0.15, 0.2) is 0 Å². The summed E-state index contributed by atoms with van der Waals surface area (Å²) in [5.74, 6) is 1.01. The van der Waals surface area contributed by atoms with E-state index < -0.39 is 10.0 Å². The van der Waals surface area contributed by atoms with Crippen molar-refractivity contribution in [3.8, 4) is 0 Å². The molecule has 1 aromatic carbocycles. The van der Waals surface area contributed by atoms with Gasteiger partial charge in [-0.1, -0.05) is 0 Å². The molecule has 1 aromatic rings. The number of likely N-dealkylation sites (tertiary alicyclic amines) is 1. The number of fused-ring (bicyclic) bond motifs is 2. The van der Waals surface area contributed by atoms with Gasteiger partial charge in [-0.05, 0) is 54.9 Å². The molecule has 1 saturated carbocycles. The Balaban J connectivity index is 0.00000182. The van der Waals surface area contributed by atoms with Gasteiger partial charge in [0.2, 0.25) is 10.0 Å². The van der Waals surface area contributed by atoms with E-state index in [1.165, 1.54) is 10.6 Å². The van der Waals surface area contributed by atoms with Crippen LogP contribution in [-0.2, 0) is 16.4 Å². The molecule has 1 amide bonds. The lowest BCUT2D eigenvalue weighted by Crippen LogP contribution is -2.33. The summed E-state index contributed by atoms with van der Waals surface area (Å²) in [5.41, 5.74) is 8.44. The first kappa shape index (κ1) is 18.5. The SMILES string of the molecule is CS(=O)(=O)N1CCc2cc(C(=O)N3CC4CCC(N)C4C3)ccc21.Cl. The van der Waals surface area contributed by atoms with Crippen molar-refractivity contribution in [2.24, 2.45) is 17.6 Å². The number of rotatable bonds is 2. The predicted molar refractivity (Wildman–Crippen MR) is 99.7 cm³/mol. The normalized spacial score (nSPS) is 27.8. The average molecular weight is 386 g/mol. The Kier molecular flexibility index (Phi) is 4.77. The smallest absolute Gasteiger partial charge is 0.253 e. The summed E-state index contributed by atoms with van der Waals surface area (Å²) in [4.78, 5) is 14.7. The number of nitrogens with zero attached hydrogens (tertiary/aromatic N) is 2. The van der Waals surface area contributed by atoms with Crippen molar-refractivity contribution in [2.45, 2.75) is 25.3 Å². The molecule has 1 aliphatic carbocycles. The lowest BCUT2D eigenvalue weighted by Gasteiger charge is -2.20. The zero-order chi connectivity index (χ0) is 17.1. The van der Waals surface area contributed by atoms with E-state index in [9.17, 15) is 13.2 Å². The van der Waals surface area contributed by atoms with Gasteiger partial charge in [-0.25, -0.2) is 8.42 Å². The van der Waals surface area contributed by atoms with Gasteiger partial charge >= 0.3 is 0 Å². The van der Waals surface area contributed by atoms with Crippen LogP contribution in [0, 0.1) is 11.8 Å². The van der Waals surface area contributed by atoms with Gasteiger partial charge in [-0.2, -0.15) is 0 Å². The number of hydrogen-bond acceptors (Lipinski definition) is 4. The molecule has 25 heavy (non-hydrogen) atoms. The summed E-state index contributed by atoms with van der Waals surface area (Å²) >= 11 is 0. The Morgan fingerprint density at radius 3 is 2.68 bits per heavy atom. The Morgan fingerprint density at radius 1 is 1.24 bits per heavy atom. The van der Waals surface area contributed by atoms with Crippen LogP contribution >= 0.6 is 12.4 Å². The van der Waals surface area contributed by atoms with Gasteiger partial charge in [-0.3, -0.25) is 9.10 Å². The van der Waals surface area contributed by atoms with E-state index in [1.54, 1.807) is 12.1 Å². The molecule has 4 rings (SSSR count). The summed E-state index contributed by atoms with van der Waals surface area (Å²) < 4.78 is 25.0. The van der Waals surface area contributed by atoms with Crippen LogP contribution in [0.3, 0.4) is 0 Å². The number of anilines is 1. The van der Waals surface area contributed by atoms with Crippen molar-refractivity contribution < 1.29 is 13.2 Å². The zero-order valence-corrected chi connectivity index (χ0v) is 15.9. The summed E-state index contributed by atoms with van der Waals surface area (Å²) in [5, 5.41) is 0. The molecule has 2 N–H and O–H groups in total. The molecule has 1 saturated heterocycles. The molecule has 0 aromatic heterocycles. The summed E-state index contributed by atoms with van der Waals surface area (Å²) in [6.07, 6.45) is 4.05. The van der Waals surface area contributed by atoms with Gasteiger partial charge in [0.05, 0.1) is 11.9 Å². The van der Waals surface area contributed by atoms with E-state index in [0.29, 0.717) is 36.1 Å². The number of halogens is 1. The third kappa shape index (κ3) is 3.13. The van der Waals surface area contributed by atoms with Gasteiger partial charge in [0.25, 0.3) is 5.91 Å². The topological polar surface area (TPSA) is 83.7 Å². The second kappa shape index (κ2) is 6.45. The Bertz CT molecular complexity index is 798. The molecule has 3 unspecified atom stereocenters. The fourth-order valence-electron chi connectivity index (χ4n) is 4.50. The molecular weight excluding hydrogens is 362 g/mol. The van der Waals surface area contributed by atoms with E-state index in [2.05, 4.69) is 0 Å². The lowest BCUT2D eigenvalue weighted by atomic mass is 9.98. The Morgan fingerprint density at radius 2 is 2.00 bits per heavy atom. The minimum Gasteiger partial charge on any atom is -0.338 e. The fourth-order valence-corrected chi connectivity index (χ4v) is 5.46. The highest BCUT2D eigenvalue weighted by atomic mass is 35.5. The van der Waals surface area contributed by atoms with Gasteiger partial charge in [0, 0.05) is 31.2 Å². The van der Waals surface area contributed by atoms with Gasteiger partial charge < -0.3 is 10.6 Å². The quantitative estimate of drug-likeness (QED) is 0.830. The minimum absolute atomic E-state index is 0. The van der Waals surface area contributed by atoms with Crippen LogP contribution in [-0.4, -0.2) is 51.2 Å². The average Bonchev–Trinajstić information content (AvgIpc) is 3.21. The fraction of sp³-hybridized carbons (Fsp3) is 0.588. The number of nitrogens with two attached hydrogens (primary N) is 1. The van der Waals surface area contributed by atoms with Crippen molar-refractivity contribution in [1.82, 2.24) is 4.90 Å². The minimum atomic E-state index is -3.26. The molecule has 138 valence electrons. The maximum Gasteiger partial charge on any atom is 0.253 e. The van der Waals surface area contributed by atoms with Crippen molar-refractivity contribution in [1.29, 1.82) is 0 Å². The molecule has 0 spiro atoms. The van der Waals surface area contributed by atoms with E-state index >= 15 is 0 Å². The first-order valence-corrected chi connectivity index (χ1v) is 10.3. The summed E-state index contributed by atoms with van der Waals surface area (Å²) in [6, 6.07) is 5.59. The second-order valence-electron chi connectivity index (χ2n) is 7.30. The molecule has 2 aliphatic heterocycles. The Labute approximate surface area is 154 Å². The molecule has 3 atom stereocenters. The van der Waals surface area contributed by atoms with Crippen LogP contribution in [0.1, 0.15) is 28.8 Å². The molecule has 2 fully saturated rings. The number of benzene rings is 1. The highest BCUT2D eigenvalue weighted by Crippen LogP contribution is 2.38. The lowest BCUT2D eigenvalue weighted by molar-refractivity contribution is 0.0779. The van der Waals surface area contributed by atoms with Crippen molar-refractivity contribution in [3.63, 3.8) is 0 Å². The predicted octanol–water partition coefficient (Wildman–Crippen LogP) is 1.24. The van der Waals surface area contributed by atoms with E-state index in [0.717, 1.165) is 31.5 Å². The summed E-state index contributed by atoms with van der Waals surface area (Å²) in [6.45, 7) is 2.00. The molecule has 8 heteroatoms. The maximum atomic E-state index is 12.8. The monoisotopic (exact) mass is 385 g/mol. The molecule has 0 bridgehead atoms. The first-order chi connectivity index (χ1) is 11.3. The maximum absolute atomic E-state index is 12.8. The van der Waals surface area contributed by atoms with Crippen LogP contribution < -0.4 is 10.0 Å². The van der Waals surface area contributed by atoms with Gasteiger partial charge in [0.1, 0.15) is 0 Å². The van der Waals surface area contributed by atoms with E-state index in [4.69, 9.17) is 5.73 Å². The number of hydrogen-bond donors (Lipinski definition) is 1. The second-order valence-corrected chi connectivity index (χ2v) is 9.21. The van der Waals surface area contributed by atoms with Crippen molar-refractivity contribution >= 4 is 34.0 Å². The third-order valence-corrected chi connectivity index (χ3v) is 6.96. The molecule has 0 radical (unpaired) electrons. The van der Waals surface area contributed by atoms with Crippen molar-refractivity contribution in [2.75, 3.05) is 30.2 Å². The van der Waals surface area contributed by atoms with E-state index in [-0.39, 0.29) is 24.4 Å². The standard InChI is InChI=1S/C17H23N3O3S.ClH/c1-24(22,23)20-7-6-11-8-12(3-5-16(11)20)17(21)19-9-13-2-4-15(18)14(13)10-19;/h3,5,8,13-15H,2,4,6-7,9-10,18H2,1H3;1H. The van der Waals surface area contributed by atoms with Crippen LogP contribution in [0.15, 0.2) is 18.2 Å². The summed E-state index contributed by atoms with van der Waals surface area (Å²) in [7, 11) is -3.26. The first-order valence-electron chi connectivity index (χ1n) is 8.50. The largest absolute Gasteiger partial charge is 0.338 e. The molecule has 6 nitrogen and oxygen atoms in total. The molecular formula is C17H24ClN3O3S. The number of carbonyl (C=O) groups is 1. The van der Waals surface area contributed by atoms with Crippen LogP contribution in [0.2, 0.25) is 0 Å². The molecule has 2 heterocycles. The number of amides is 1. The molecule has 3 aliphatic rings. The van der Waals surface area contributed by atoms with Crippen LogP contribution in [0.4, 0.5) is 5.69 Å². The third-order valence-electron chi connectivity index (χ3n) is 5.78. The van der Waals surface area contributed by atoms with Crippen LogP contribution in [0.5, 0.6) is 0 Å². The van der Waals surface area contributed by atoms with Gasteiger partial charge in [-0.15, -0.1) is 12.4 Å². The van der Waals surface area contributed by atoms with Crippen molar-refractivity contribution in [3.05, 3.63) is 29.3 Å². The highest BCUT2D eigenvalue weighted by molar-refractivity contribution is 7.92. The number of sulfonamides is 1. The van der Waals surface area contributed by atoms with E-state index in [1.807, 2.05) is 11.0 Å². The number of carbonyl (C=O) groups excluding carboxylic acids is 1. The highest BCUT2D eigenvalue weighted by Gasteiger charge is 2.42. The zero-order valence-electron chi connectivity index (χ0n) is 14.2. The van der Waals surface area contributed by atoms with Crippen LogP contribution in [0.25, 0.3) is 0 Å².